The van der Waals surface area contributed by atoms with Crippen molar-refractivity contribution in [2.75, 3.05) is 6.54 Å². The third-order valence-corrected chi connectivity index (χ3v) is 5.66. The van der Waals surface area contributed by atoms with Crippen molar-refractivity contribution >= 4 is 26.0 Å². The van der Waals surface area contributed by atoms with Crippen molar-refractivity contribution in [3.05, 3.63) is 24.3 Å². The molecular weight excluding hydrogens is 320 g/mol. The lowest BCUT2D eigenvalue weighted by atomic mass is 10.4. The maximum Gasteiger partial charge on any atom is 0.318 e. The Morgan fingerprint density at radius 2 is 1.71 bits per heavy atom. The third-order valence-electron chi connectivity index (χ3n) is 2.74. The molecule has 1 aliphatic carbocycles. The summed E-state index contributed by atoms with van der Waals surface area (Å²) in [4.78, 5) is 9.92. The average Bonchev–Trinajstić information content (AvgIpc) is 3.20. The second-order valence-electron chi connectivity index (χ2n) is 4.59. The number of carboxylic acids is 1. The Hall–Kier alpha value is -1.49. The van der Waals surface area contributed by atoms with E-state index in [0.29, 0.717) is 0 Å². The number of rotatable bonds is 7. The molecule has 116 valence electrons. The summed E-state index contributed by atoms with van der Waals surface area (Å²) in [6, 6.07) is 4.66. The number of hydrogen-bond donors (Lipinski definition) is 3. The first-order valence-corrected chi connectivity index (χ1v) is 9.01. The van der Waals surface area contributed by atoms with E-state index in [1.807, 2.05) is 4.72 Å². The summed E-state index contributed by atoms with van der Waals surface area (Å²) in [6.07, 6.45) is 1.52. The Balaban J connectivity index is 2.26. The zero-order valence-corrected chi connectivity index (χ0v) is 12.4. The first kappa shape index (κ1) is 15.9. The van der Waals surface area contributed by atoms with Gasteiger partial charge in [-0.25, -0.2) is 21.6 Å². The smallest absolute Gasteiger partial charge is 0.318 e. The highest BCUT2D eigenvalue weighted by Crippen LogP contribution is 2.23. The van der Waals surface area contributed by atoms with Crippen molar-refractivity contribution in [1.82, 2.24) is 9.44 Å². The van der Waals surface area contributed by atoms with Crippen molar-refractivity contribution in [2.24, 2.45) is 0 Å². The number of sulfonamides is 2. The monoisotopic (exact) mass is 334 g/mol. The molecular formula is C11H14N2O6S2. The Labute approximate surface area is 122 Å². The molecule has 0 atom stereocenters. The third kappa shape index (κ3) is 4.24. The molecule has 2 rings (SSSR count). The highest BCUT2D eigenvalue weighted by Gasteiger charge is 2.28. The van der Waals surface area contributed by atoms with E-state index < -0.39 is 32.6 Å². The number of aliphatic carboxylic acids is 1. The molecule has 0 aromatic heterocycles. The summed E-state index contributed by atoms with van der Waals surface area (Å²) < 4.78 is 52.0. The lowest BCUT2D eigenvalue weighted by Gasteiger charge is -2.08. The Kier molecular flexibility index (Phi) is 4.33. The maximum absolute atomic E-state index is 12.0. The molecule has 1 aromatic carbocycles. The standard InChI is InChI=1S/C11H14N2O6S2/c14-11(15)7-12-20(16,17)9-2-1-3-10(6-9)21(18,19)13-8-4-5-8/h1-3,6,8,12-13H,4-5,7H2,(H,14,15). The van der Waals surface area contributed by atoms with Gasteiger partial charge in [0.15, 0.2) is 0 Å². The minimum Gasteiger partial charge on any atom is -0.480 e. The van der Waals surface area contributed by atoms with E-state index in [-0.39, 0.29) is 15.8 Å². The molecule has 0 amide bonds. The van der Waals surface area contributed by atoms with Crippen LogP contribution in [0.2, 0.25) is 0 Å². The largest absolute Gasteiger partial charge is 0.480 e. The van der Waals surface area contributed by atoms with Gasteiger partial charge in [-0.1, -0.05) is 6.07 Å². The number of carboxylic acid groups (broad SMARTS) is 1. The van der Waals surface area contributed by atoms with Crippen LogP contribution in [0.25, 0.3) is 0 Å². The van der Waals surface area contributed by atoms with E-state index in [1.54, 1.807) is 0 Å². The molecule has 0 heterocycles. The molecule has 10 heteroatoms. The first-order chi connectivity index (χ1) is 9.71. The predicted molar refractivity (Wildman–Crippen MR) is 72.6 cm³/mol. The fourth-order valence-electron chi connectivity index (χ4n) is 1.54. The van der Waals surface area contributed by atoms with Crippen LogP contribution in [0.4, 0.5) is 0 Å². The molecule has 21 heavy (non-hydrogen) atoms. The summed E-state index contributed by atoms with van der Waals surface area (Å²) >= 11 is 0. The van der Waals surface area contributed by atoms with E-state index in [1.165, 1.54) is 18.2 Å². The highest BCUT2D eigenvalue weighted by atomic mass is 32.2. The SMILES string of the molecule is O=C(O)CNS(=O)(=O)c1cccc(S(=O)(=O)NC2CC2)c1. The van der Waals surface area contributed by atoms with Gasteiger partial charge in [-0.15, -0.1) is 0 Å². The molecule has 1 aromatic rings. The molecule has 0 aliphatic heterocycles. The summed E-state index contributed by atoms with van der Waals surface area (Å²) in [5.74, 6) is -1.34. The number of nitrogens with one attached hydrogen (secondary N) is 2. The van der Waals surface area contributed by atoms with Crippen LogP contribution >= 0.6 is 0 Å². The molecule has 0 radical (unpaired) electrons. The van der Waals surface area contributed by atoms with Crippen LogP contribution in [-0.2, 0) is 24.8 Å². The summed E-state index contributed by atoms with van der Waals surface area (Å²) in [5.41, 5.74) is 0. The fourth-order valence-corrected chi connectivity index (χ4v) is 3.98. The van der Waals surface area contributed by atoms with Gasteiger partial charge < -0.3 is 5.11 Å². The number of carbonyl (C=O) groups is 1. The van der Waals surface area contributed by atoms with Crippen LogP contribution in [0.3, 0.4) is 0 Å². The van der Waals surface area contributed by atoms with Crippen LogP contribution < -0.4 is 9.44 Å². The minimum absolute atomic E-state index is 0.0969. The summed E-state index contributed by atoms with van der Waals surface area (Å²) in [7, 11) is -7.84. The molecule has 0 saturated heterocycles. The van der Waals surface area contributed by atoms with Gasteiger partial charge in [-0.2, -0.15) is 4.72 Å². The molecule has 1 fully saturated rings. The normalized spacial score (nSPS) is 15.8. The van der Waals surface area contributed by atoms with E-state index in [4.69, 9.17) is 5.11 Å². The van der Waals surface area contributed by atoms with Crippen LogP contribution in [0.5, 0.6) is 0 Å². The van der Waals surface area contributed by atoms with E-state index in [9.17, 15) is 21.6 Å². The van der Waals surface area contributed by atoms with Gasteiger partial charge in [0, 0.05) is 6.04 Å². The molecule has 1 saturated carbocycles. The van der Waals surface area contributed by atoms with Crippen molar-refractivity contribution in [3.63, 3.8) is 0 Å². The van der Waals surface area contributed by atoms with Crippen molar-refractivity contribution in [3.8, 4) is 0 Å². The maximum atomic E-state index is 12.0. The Morgan fingerprint density at radius 1 is 1.14 bits per heavy atom. The number of benzene rings is 1. The quantitative estimate of drug-likeness (QED) is 0.616. The van der Waals surface area contributed by atoms with Crippen LogP contribution in [0, 0.1) is 0 Å². The minimum atomic E-state index is -4.07. The van der Waals surface area contributed by atoms with Crippen LogP contribution in [0.15, 0.2) is 34.1 Å². The van der Waals surface area contributed by atoms with Gasteiger partial charge in [0.2, 0.25) is 20.0 Å². The predicted octanol–water partition coefficient (Wildman–Crippen LogP) is -0.510. The molecule has 1 aliphatic rings. The molecule has 0 bridgehead atoms. The van der Waals surface area contributed by atoms with E-state index >= 15 is 0 Å². The van der Waals surface area contributed by atoms with Gasteiger partial charge in [-0.05, 0) is 31.0 Å². The molecule has 3 N–H and O–H groups in total. The second-order valence-corrected chi connectivity index (χ2v) is 8.07. The van der Waals surface area contributed by atoms with E-state index in [0.717, 1.165) is 18.9 Å². The van der Waals surface area contributed by atoms with Crippen LogP contribution in [-0.4, -0.2) is 40.5 Å². The Bertz CT molecular complexity index is 753. The second kappa shape index (κ2) is 5.72. The van der Waals surface area contributed by atoms with Crippen molar-refractivity contribution < 1.29 is 26.7 Å². The summed E-state index contributed by atoms with van der Waals surface area (Å²) in [5, 5.41) is 8.48. The van der Waals surface area contributed by atoms with Gasteiger partial charge in [0.25, 0.3) is 0 Å². The van der Waals surface area contributed by atoms with Crippen LogP contribution in [0.1, 0.15) is 12.8 Å². The van der Waals surface area contributed by atoms with E-state index in [2.05, 4.69) is 4.72 Å². The zero-order chi connectivity index (χ0) is 15.7. The number of hydrogen-bond acceptors (Lipinski definition) is 5. The van der Waals surface area contributed by atoms with Gasteiger partial charge in [0.1, 0.15) is 6.54 Å². The zero-order valence-electron chi connectivity index (χ0n) is 10.8. The highest BCUT2D eigenvalue weighted by molar-refractivity contribution is 7.90. The average molecular weight is 334 g/mol. The van der Waals surface area contributed by atoms with Crippen molar-refractivity contribution in [1.29, 1.82) is 0 Å². The first-order valence-electron chi connectivity index (χ1n) is 6.04. The summed E-state index contributed by atoms with van der Waals surface area (Å²) in [6.45, 7) is -0.778. The molecule has 0 spiro atoms. The van der Waals surface area contributed by atoms with Gasteiger partial charge >= 0.3 is 5.97 Å². The lowest BCUT2D eigenvalue weighted by molar-refractivity contribution is -0.135. The fraction of sp³-hybridized carbons (Fsp3) is 0.364. The molecule has 0 unspecified atom stereocenters. The topological polar surface area (TPSA) is 130 Å². The lowest BCUT2D eigenvalue weighted by Crippen LogP contribution is -2.30. The molecule has 8 nitrogen and oxygen atoms in total. The van der Waals surface area contributed by atoms with Gasteiger partial charge in [0.05, 0.1) is 9.79 Å². The van der Waals surface area contributed by atoms with Gasteiger partial charge in [-0.3, -0.25) is 4.79 Å². The van der Waals surface area contributed by atoms with Crippen molar-refractivity contribution in [2.45, 2.75) is 28.7 Å². The Morgan fingerprint density at radius 3 is 2.24 bits per heavy atom.